The molecule has 5 heteroatoms. The van der Waals surface area contributed by atoms with Crippen molar-refractivity contribution in [3.8, 4) is 0 Å². The maximum absolute atomic E-state index is 12.3. The predicted octanol–water partition coefficient (Wildman–Crippen LogP) is 0.438. The van der Waals surface area contributed by atoms with Crippen molar-refractivity contribution in [1.82, 2.24) is 20.0 Å². The van der Waals surface area contributed by atoms with Gasteiger partial charge < -0.3 is 10.2 Å². The highest BCUT2D eigenvalue weighted by Gasteiger charge is 2.23. The molecule has 1 unspecified atom stereocenters. The minimum atomic E-state index is -0.0894. The van der Waals surface area contributed by atoms with E-state index < -0.39 is 0 Å². The Morgan fingerprint density at radius 3 is 2.82 bits per heavy atom. The Morgan fingerprint density at radius 1 is 1.53 bits per heavy atom. The molecule has 1 fully saturated rings. The molecule has 2 heterocycles. The maximum atomic E-state index is 12.3. The van der Waals surface area contributed by atoms with Gasteiger partial charge in [-0.15, -0.1) is 0 Å². The van der Waals surface area contributed by atoms with Crippen molar-refractivity contribution in [2.24, 2.45) is 0 Å². The average Bonchev–Trinajstić information content (AvgIpc) is 2.87. The minimum Gasteiger partial charge on any atom is -0.340 e. The van der Waals surface area contributed by atoms with E-state index in [1.807, 2.05) is 29.6 Å². The third-order valence-corrected chi connectivity index (χ3v) is 3.28. The summed E-state index contributed by atoms with van der Waals surface area (Å²) in [6.45, 7) is 8.25. The molecule has 1 atom stereocenters. The lowest BCUT2D eigenvalue weighted by molar-refractivity contribution is -0.133. The normalized spacial score (nSPS) is 18.1. The van der Waals surface area contributed by atoms with Crippen molar-refractivity contribution in [1.29, 1.82) is 0 Å². The van der Waals surface area contributed by atoms with Gasteiger partial charge in [0.1, 0.15) is 0 Å². The minimum absolute atomic E-state index is 0.0894. The Hall–Kier alpha value is -1.36. The molecular weight excluding hydrogens is 216 g/mol. The summed E-state index contributed by atoms with van der Waals surface area (Å²) < 4.78 is 1.86. The second kappa shape index (κ2) is 5.31. The molecule has 1 aliphatic heterocycles. The number of aryl methyl sites for hydroxylation is 1. The maximum Gasteiger partial charge on any atom is 0.230 e. The van der Waals surface area contributed by atoms with E-state index in [9.17, 15) is 4.79 Å². The third kappa shape index (κ3) is 2.66. The van der Waals surface area contributed by atoms with Crippen molar-refractivity contribution < 1.29 is 4.79 Å². The number of piperazine rings is 1. The fourth-order valence-corrected chi connectivity index (χ4v) is 2.08. The fraction of sp³-hybridized carbons (Fsp3) is 0.667. The summed E-state index contributed by atoms with van der Waals surface area (Å²) in [5, 5.41) is 7.47. The van der Waals surface area contributed by atoms with Crippen molar-refractivity contribution in [2.75, 3.05) is 26.2 Å². The molecular formula is C12H20N4O. The fourth-order valence-electron chi connectivity index (χ4n) is 2.08. The summed E-state index contributed by atoms with van der Waals surface area (Å²) >= 11 is 0. The summed E-state index contributed by atoms with van der Waals surface area (Å²) in [7, 11) is 0. The van der Waals surface area contributed by atoms with Crippen molar-refractivity contribution in [3.05, 3.63) is 18.0 Å². The molecule has 1 aromatic heterocycles. The first-order valence-corrected chi connectivity index (χ1v) is 6.24. The number of nitrogens with one attached hydrogen (secondary N) is 1. The van der Waals surface area contributed by atoms with E-state index in [0.717, 1.165) is 38.3 Å². The summed E-state index contributed by atoms with van der Waals surface area (Å²) in [4.78, 5) is 14.2. The topological polar surface area (TPSA) is 50.2 Å². The quantitative estimate of drug-likeness (QED) is 0.828. The molecule has 1 N–H and O–H groups in total. The van der Waals surface area contributed by atoms with E-state index in [-0.39, 0.29) is 11.8 Å². The Labute approximate surface area is 102 Å². The molecule has 0 saturated carbocycles. The zero-order valence-electron chi connectivity index (χ0n) is 10.5. The molecule has 1 aliphatic rings. The average molecular weight is 236 g/mol. The number of hydrogen-bond donors (Lipinski definition) is 1. The van der Waals surface area contributed by atoms with E-state index in [2.05, 4.69) is 10.4 Å². The molecule has 2 rings (SSSR count). The zero-order chi connectivity index (χ0) is 12.3. The van der Waals surface area contributed by atoms with E-state index >= 15 is 0 Å². The van der Waals surface area contributed by atoms with Crippen LogP contribution in [0.4, 0.5) is 0 Å². The predicted molar refractivity (Wildman–Crippen MR) is 65.8 cm³/mol. The van der Waals surface area contributed by atoms with Crippen LogP contribution in [-0.2, 0) is 11.3 Å². The van der Waals surface area contributed by atoms with Crippen LogP contribution in [-0.4, -0.2) is 46.8 Å². The van der Waals surface area contributed by atoms with Crippen LogP contribution in [0.2, 0.25) is 0 Å². The van der Waals surface area contributed by atoms with Gasteiger partial charge in [0.15, 0.2) is 0 Å². The van der Waals surface area contributed by atoms with Gasteiger partial charge in [-0.2, -0.15) is 5.10 Å². The van der Waals surface area contributed by atoms with Gasteiger partial charge in [-0.05, 0) is 13.8 Å². The van der Waals surface area contributed by atoms with Crippen molar-refractivity contribution >= 4 is 5.91 Å². The van der Waals surface area contributed by atoms with Crippen LogP contribution < -0.4 is 5.32 Å². The summed E-state index contributed by atoms with van der Waals surface area (Å²) in [5.41, 5.74) is 1.01. The van der Waals surface area contributed by atoms with Gasteiger partial charge in [0.05, 0.1) is 12.1 Å². The Bertz CT molecular complexity index is 382. The van der Waals surface area contributed by atoms with Crippen LogP contribution in [0.25, 0.3) is 0 Å². The van der Waals surface area contributed by atoms with E-state index in [1.54, 1.807) is 6.20 Å². The molecule has 5 nitrogen and oxygen atoms in total. The highest BCUT2D eigenvalue weighted by Crippen LogP contribution is 2.17. The first-order chi connectivity index (χ1) is 8.22. The second-order valence-corrected chi connectivity index (χ2v) is 4.43. The lowest BCUT2D eigenvalue weighted by Gasteiger charge is -2.29. The Balaban J connectivity index is 2.02. The number of nitrogens with zero attached hydrogens (tertiary/aromatic N) is 3. The van der Waals surface area contributed by atoms with Gasteiger partial charge >= 0.3 is 0 Å². The number of aromatic nitrogens is 2. The lowest BCUT2D eigenvalue weighted by atomic mass is 10.0. The number of rotatable bonds is 3. The van der Waals surface area contributed by atoms with Gasteiger partial charge in [-0.3, -0.25) is 9.48 Å². The monoisotopic (exact) mass is 236 g/mol. The molecule has 1 saturated heterocycles. The van der Waals surface area contributed by atoms with Gasteiger partial charge in [-0.25, -0.2) is 0 Å². The van der Waals surface area contributed by atoms with Gasteiger partial charge in [0.25, 0.3) is 0 Å². The van der Waals surface area contributed by atoms with Gasteiger partial charge in [0.2, 0.25) is 5.91 Å². The van der Waals surface area contributed by atoms with Crippen LogP contribution in [0.5, 0.6) is 0 Å². The molecule has 94 valence electrons. The van der Waals surface area contributed by atoms with Crippen LogP contribution in [0, 0.1) is 0 Å². The van der Waals surface area contributed by atoms with Gasteiger partial charge in [-0.1, -0.05) is 0 Å². The molecule has 1 aromatic rings. The lowest BCUT2D eigenvalue weighted by Crippen LogP contribution is -2.47. The Kier molecular flexibility index (Phi) is 3.78. The van der Waals surface area contributed by atoms with E-state index in [4.69, 9.17) is 0 Å². The highest BCUT2D eigenvalue weighted by molar-refractivity contribution is 5.83. The first kappa shape index (κ1) is 12.1. The van der Waals surface area contributed by atoms with Crippen LogP contribution >= 0.6 is 0 Å². The molecule has 0 aliphatic carbocycles. The summed E-state index contributed by atoms with van der Waals surface area (Å²) in [6.07, 6.45) is 3.76. The smallest absolute Gasteiger partial charge is 0.230 e. The van der Waals surface area contributed by atoms with Crippen molar-refractivity contribution in [3.63, 3.8) is 0 Å². The number of carbonyl (C=O) groups excluding carboxylic acids is 1. The van der Waals surface area contributed by atoms with Crippen molar-refractivity contribution in [2.45, 2.75) is 26.3 Å². The molecule has 0 radical (unpaired) electrons. The third-order valence-electron chi connectivity index (χ3n) is 3.28. The number of amides is 1. The van der Waals surface area contributed by atoms with E-state index in [0.29, 0.717) is 0 Å². The molecule has 17 heavy (non-hydrogen) atoms. The van der Waals surface area contributed by atoms with Crippen LogP contribution in [0.15, 0.2) is 12.4 Å². The number of hydrogen-bond acceptors (Lipinski definition) is 3. The summed E-state index contributed by atoms with van der Waals surface area (Å²) in [5.74, 6) is 0.121. The number of carbonyl (C=O) groups is 1. The van der Waals surface area contributed by atoms with Gasteiger partial charge in [0, 0.05) is 44.5 Å². The zero-order valence-corrected chi connectivity index (χ0v) is 10.5. The molecule has 0 aromatic carbocycles. The standard InChI is InChI=1S/C12H20N4O/c1-3-16-9-11(8-14-16)10(2)12(17)15-6-4-13-5-7-15/h8-10,13H,3-7H2,1-2H3. The SMILES string of the molecule is CCn1cc(C(C)C(=O)N2CCNCC2)cn1. The molecule has 0 spiro atoms. The molecule has 0 bridgehead atoms. The highest BCUT2D eigenvalue weighted by atomic mass is 16.2. The van der Waals surface area contributed by atoms with Crippen LogP contribution in [0.3, 0.4) is 0 Å². The van der Waals surface area contributed by atoms with Crippen LogP contribution in [0.1, 0.15) is 25.3 Å². The summed E-state index contributed by atoms with van der Waals surface area (Å²) in [6, 6.07) is 0. The largest absolute Gasteiger partial charge is 0.340 e. The van der Waals surface area contributed by atoms with E-state index in [1.165, 1.54) is 0 Å². The molecule has 1 amide bonds. The second-order valence-electron chi connectivity index (χ2n) is 4.43. The Morgan fingerprint density at radius 2 is 2.24 bits per heavy atom. The first-order valence-electron chi connectivity index (χ1n) is 6.24.